The van der Waals surface area contributed by atoms with Crippen LogP contribution < -0.4 is 5.32 Å². The average Bonchev–Trinajstić information content (AvgIpc) is 3.21. The molecular weight excluding hydrogens is 310 g/mol. The molecule has 0 radical (unpaired) electrons. The highest BCUT2D eigenvalue weighted by Crippen LogP contribution is 2.30. The number of thiazole rings is 1. The number of amides is 1. The van der Waals surface area contributed by atoms with Crippen LogP contribution in [-0.2, 0) is 0 Å². The van der Waals surface area contributed by atoms with Crippen molar-refractivity contribution in [2.24, 2.45) is 0 Å². The number of rotatable bonds is 3. The number of carbonyl (C=O) groups is 1. The van der Waals surface area contributed by atoms with Crippen LogP contribution in [0.25, 0.3) is 22.4 Å². The van der Waals surface area contributed by atoms with Crippen molar-refractivity contribution < 1.29 is 9.21 Å². The summed E-state index contributed by atoms with van der Waals surface area (Å²) in [6.07, 6.45) is 3.14. The summed E-state index contributed by atoms with van der Waals surface area (Å²) >= 11 is 1.35. The molecule has 0 fully saturated rings. The van der Waals surface area contributed by atoms with E-state index in [0.717, 1.165) is 11.0 Å². The van der Waals surface area contributed by atoms with Gasteiger partial charge < -0.3 is 4.42 Å². The van der Waals surface area contributed by atoms with E-state index >= 15 is 0 Å². The zero-order valence-corrected chi connectivity index (χ0v) is 12.7. The summed E-state index contributed by atoms with van der Waals surface area (Å²) in [6, 6.07) is 13.2. The lowest BCUT2D eigenvalue weighted by Crippen LogP contribution is -2.11. The predicted molar refractivity (Wildman–Crippen MR) is 89.5 cm³/mol. The van der Waals surface area contributed by atoms with E-state index in [0.29, 0.717) is 22.1 Å². The molecule has 4 aromatic rings. The van der Waals surface area contributed by atoms with Gasteiger partial charge >= 0.3 is 0 Å². The van der Waals surface area contributed by atoms with Gasteiger partial charge in [-0.25, -0.2) is 4.98 Å². The fourth-order valence-corrected chi connectivity index (χ4v) is 2.91. The van der Waals surface area contributed by atoms with Gasteiger partial charge in [-0.3, -0.25) is 15.1 Å². The smallest absolute Gasteiger partial charge is 0.259 e. The Morgan fingerprint density at radius 3 is 2.91 bits per heavy atom. The van der Waals surface area contributed by atoms with E-state index in [2.05, 4.69) is 15.3 Å². The Morgan fingerprint density at radius 2 is 2.09 bits per heavy atom. The molecule has 0 aliphatic heterocycles. The highest BCUT2D eigenvalue weighted by Gasteiger charge is 2.12. The number of hydrogen-bond acceptors (Lipinski definition) is 5. The topological polar surface area (TPSA) is 68.0 Å². The van der Waals surface area contributed by atoms with Gasteiger partial charge in [0.25, 0.3) is 5.91 Å². The second-order valence-electron chi connectivity index (χ2n) is 4.88. The monoisotopic (exact) mass is 321 g/mol. The minimum atomic E-state index is -0.233. The van der Waals surface area contributed by atoms with Crippen molar-refractivity contribution >= 4 is 33.3 Å². The number of pyridine rings is 1. The molecule has 6 heteroatoms. The van der Waals surface area contributed by atoms with Crippen LogP contribution in [0.1, 0.15) is 10.4 Å². The van der Waals surface area contributed by atoms with E-state index in [1.807, 2.05) is 35.7 Å². The van der Waals surface area contributed by atoms with Gasteiger partial charge in [-0.05, 0) is 24.3 Å². The molecule has 4 rings (SSSR count). The number of para-hydroxylation sites is 1. The molecule has 5 nitrogen and oxygen atoms in total. The first-order valence-electron chi connectivity index (χ1n) is 6.95. The summed E-state index contributed by atoms with van der Waals surface area (Å²) < 4.78 is 5.78. The van der Waals surface area contributed by atoms with E-state index < -0.39 is 0 Å². The van der Waals surface area contributed by atoms with Crippen LogP contribution in [0.4, 0.5) is 5.13 Å². The van der Waals surface area contributed by atoms with E-state index in [1.54, 1.807) is 18.3 Å². The zero-order chi connectivity index (χ0) is 15.6. The zero-order valence-electron chi connectivity index (χ0n) is 11.9. The third-order valence-electron chi connectivity index (χ3n) is 3.33. The molecule has 0 unspecified atom stereocenters. The molecule has 0 aliphatic rings. The first-order chi connectivity index (χ1) is 11.3. The second kappa shape index (κ2) is 5.66. The molecule has 0 saturated carbocycles. The number of nitrogens with one attached hydrogen (secondary N) is 1. The Labute approximate surface area is 135 Å². The van der Waals surface area contributed by atoms with Crippen LogP contribution in [0, 0.1) is 0 Å². The Balaban J connectivity index is 1.58. The van der Waals surface area contributed by atoms with Gasteiger partial charge in [0, 0.05) is 23.2 Å². The van der Waals surface area contributed by atoms with Gasteiger partial charge in [0.15, 0.2) is 10.9 Å². The molecule has 3 heterocycles. The van der Waals surface area contributed by atoms with Crippen LogP contribution in [0.2, 0.25) is 0 Å². The van der Waals surface area contributed by atoms with Gasteiger partial charge in [-0.15, -0.1) is 11.3 Å². The maximum Gasteiger partial charge on any atom is 0.259 e. The molecule has 23 heavy (non-hydrogen) atoms. The lowest BCUT2D eigenvalue weighted by atomic mass is 10.2. The minimum absolute atomic E-state index is 0.233. The van der Waals surface area contributed by atoms with Crippen LogP contribution in [0.3, 0.4) is 0 Å². The second-order valence-corrected chi connectivity index (χ2v) is 5.74. The molecule has 0 saturated heterocycles. The molecule has 1 amide bonds. The number of benzene rings is 1. The molecule has 0 atom stereocenters. The van der Waals surface area contributed by atoms with E-state index in [-0.39, 0.29) is 5.91 Å². The van der Waals surface area contributed by atoms with Crippen molar-refractivity contribution in [3.05, 3.63) is 65.8 Å². The maximum atomic E-state index is 12.1. The van der Waals surface area contributed by atoms with Gasteiger partial charge in [-0.1, -0.05) is 18.2 Å². The van der Waals surface area contributed by atoms with E-state index in [9.17, 15) is 4.79 Å². The lowest BCUT2D eigenvalue weighted by Gasteiger charge is -1.99. The average molecular weight is 321 g/mol. The number of nitrogens with zero attached hydrogens (tertiary/aromatic N) is 2. The fraction of sp³-hybridized carbons (Fsp3) is 0. The summed E-state index contributed by atoms with van der Waals surface area (Å²) in [5.41, 5.74) is 2.01. The molecule has 0 aliphatic carbocycles. The summed E-state index contributed by atoms with van der Waals surface area (Å²) in [6.45, 7) is 0. The first-order valence-corrected chi connectivity index (χ1v) is 7.83. The summed E-state index contributed by atoms with van der Waals surface area (Å²) in [4.78, 5) is 20.4. The quantitative estimate of drug-likeness (QED) is 0.614. The number of hydrogen-bond donors (Lipinski definition) is 1. The van der Waals surface area contributed by atoms with Crippen LogP contribution in [0.15, 0.2) is 64.7 Å². The largest absolute Gasteiger partial charge is 0.454 e. The predicted octanol–water partition coefficient (Wildman–Crippen LogP) is 4.20. The van der Waals surface area contributed by atoms with E-state index in [1.165, 1.54) is 17.5 Å². The van der Waals surface area contributed by atoms with Gasteiger partial charge in [0.1, 0.15) is 11.3 Å². The molecule has 1 N–H and O–H groups in total. The number of furan rings is 1. The third-order valence-corrected chi connectivity index (χ3v) is 4.08. The van der Waals surface area contributed by atoms with Crippen molar-refractivity contribution in [2.75, 3.05) is 5.32 Å². The summed E-state index contributed by atoms with van der Waals surface area (Å²) in [5.74, 6) is 0.452. The Hall–Kier alpha value is -2.99. The lowest BCUT2D eigenvalue weighted by molar-refractivity contribution is 0.102. The summed E-state index contributed by atoms with van der Waals surface area (Å²) in [5, 5.41) is 6.17. The van der Waals surface area contributed by atoms with Crippen molar-refractivity contribution in [3.63, 3.8) is 0 Å². The molecular formula is C17H11N3O2S. The summed E-state index contributed by atoms with van der Waals surface area (Å²) in [7, 11) is 0. The van der Waals surface area contributed by atoms with E-state index in [4.69, 9.17) is 4.42 Å². The molecule has 112 valence electrons. The molecule has 1 aromatic carbocycles. The number of fused-ring (bicyclic) bond motifs is 1. The SMILES string of the molecule is O=C(Nc1nc(-c2cc3ccccc3o2)cs1)c1cccnc1. The first kappa shape index (κ1) is 13.7. The van der Waals surface area contributed by atoms with Crippen molar-refractivity contribution in [1.29, 1.82) is 0 Å². The van der Waals surface area contributed by atoms with Crippen molar-refractivity contribution in [1.82, 2.24) is 9.97 Å². The van der Waals surface area contributed by atoms with Gasteiger partial charge in [0.2, 0.25) is 0 Å². The van der Waals surface area contributed by atoms with Crippen LogP contribution in [0.5, 0.6) is 0 Å². The third kappa shape index (κ3) is 2.72. The Kier molecular flexibility index (Phi) is 3.36. The van der Waals surface area contributed by atoms with Crippen molar-refractivity contribution in [2.45, 2.75) is 0 Å². The molecule has 0 spiro atoms. The van der Waals surface area contributed by atoms with Crippen molar-refractivity contribution in [3.8, 4) is 11.5 Å². The van der Waals surface area contributed by atoms with Gasteiger partial charge in [0.05, 0.1) is 5.56 Å². The highest BCUT2D eigenvalue weighted by molar-refractivity contribution is 7.14. The number of aromatic nitrogens is 2. The molecule has 0 bridgehead atoms. The van der Waals surface area contributed by atoms with Crippen LogP contribution in [-0.4, -0.2) is 15.9 Å². The highest BCUT2D eigenvalue weighted by atomic mass is 32.1. The standard InChI is InChI=1S/C17H11N3O2S/c21-16(12-5-3-7-18-9-12)20-17-19-13(10-23-17)15-8-11-4-1-2-6-14(11)22-15/h1-10H,(H,19,20,21). The van der Waals surface area contributed by atoms with Crippen LogP contribution >= 0.6 is 11.3 Å². The minimum Gasteiger partial charge on any atom is -0.454 e. The molecule has 3 aromatic heterocycles. The normalized spacial score (nSPS) is 10.8. The Morgan fingerprint density at radius 1 is 1.17 bits per heavy atom. The number of anilines is 1. The maximum absolute atomic E-state index is 12.1. The fourth-order valence-electron chi connectivity index (χ4n) is 2.22. The Bertz CT molecular complexity index is 943. The number of carbonyl (C=O) groups excluding carboxylic acids is 1. The van der Waals surface area contributed by atoms with Gasteiger partial charge in [-0.2, -0.15) is 0 Å².